The fourth-order valence-corrected chi connectivity index (χ4v) is 2.99. The Morgan fingerprint density at radius 1 is 1.28 bits per heavy atom. The van der Waals surface area contributed by atoms with E-state index in [1.54, 1.807) is 11.0 Å². The van der Waals surface area contributed by atoms with E-state index in [9.17, 15) is 9.18 Å². The van der Waals surface area contributed by atoms with Crippen molar-refractivity contribution in [2.75, 3.05) is 37.6 Å². The van der Waals surface area contributed by atoms with Crippen LogP contribution in [0.2, 0.25) is 0 Å². The summed E-state index contributed by atoms with van der Waals surface area (Å²) in [7, 11) is 0. The molecule has 0 atom stereocenters. The van der Waals surface area contributed by atoms with Crippen LogP contribution >= 0.6 is 0 Å². The molecule has 1 amide bonds. The first-order chi connectivity index (χ1) is 13.7. The Morgan fingerprint density at radius 3 is 2.55 bits per heavy atom. The number of halogens is 1. The third-order valence-corrected chi connectivity index (χ3v) is 4.55. The van der Waals surface area contributed by atoms with Gasteiger partial charge in [0.05, 0.1) is 12.2 Å². The molecule has 0 radical (unpaired) electrons. The van der Waals surface area contributed by atoms with Crippen molar-refractivity contribution in [2.45, 2.75) is 52.7 Å². The maximum absolute atomic E-state index is 14.6. The first kappa shape index (κ1) is 22.8. The zero-order valence-electron chi connectivity index (χ0n) is 18.0. The van der Waals surface area contributed by atoms with Gasteiger partial charge < -0.3 is 25.6 Å². The van der Waals surface area contributed by atoms with Crippen molar-refractivity contribution in [1.82, 2.24) is 10.2 Å². The first-order valence-electron chi connectivity index (χ1n) is 10.2. The fourth-order valence-electron chi connectivity index (χ4n) is 2.99. The van der Waals surface area contributed by atoms with E-state index in [0.717, 1.165) is 24.9 Å². The van der Waals surface area contributed by atoms with Crippen LogP contribution in [0.15, 0.2) is 23.2 Å². The number of aliphatic imine (C=N–C) groups is 1. The molecular weight excluding hydrogens is 373 g/mol. The van der Waals surface area contributed by atoms with Crippen molar-refractivity contribution < 1.29 is 13.9 Å². The molecule has 0 aliphatic carbocycles. The number of nitrogens with two attached hydrogens (primary N) is 1. The minimum Gasteiger partial charge on any atom is -0.444 e. The SMILES string of the molecule is CCCCNC(N)=NCc1ccc(N2CCN(C(=O)OC(C)(C)C)CC2)c(F)c1. The number of nitrogens with one attached hydrogen (secondary N) is 1. The van der Waals surface area contributed by atoms with Gasteiger partial charge in [-0.1, -0.05) is 19.4 Å². The van der Waals surface area contributed by atoms with Crippen molar-refractivity contribution in [3.05, 3.63) is 29.6 Å². The minimum absolute atomic E-state index is 0.291. The molecule has 8 heteroatoms. The van der Waals surface area contributed by atoms with Crippen LogP contribution in [0.4, 0.5) is 14.9 Å². The van der Waals surface area contributed by atoms with Crippen LogP contribution in [0.25, 0.3) is 0 Å². The van der Waals surface area contributed by atoms with Gasteiger partial charge in [0.15, 0.2) is 5.96 Å². The standard InChI is InChI=1S/C21H34FN5O2/c1-5-6-9-24-19(23)25-15-16-7-8-18(17(22)14-16)26-10-12-27(13-11-26)20(28)29-21(2,3)4/h7-8,14H,5-6,9-13,15H2,1-4H3,(H3,23,24,25). The molecule has 2 rings (SSSR count). The maximum atomic E-state index is 14.6. The number of unbranched alkanes of at least 4 members (excludes halogenated alkanes) is 1. The summed E-state index contributed by atoms with van der Waals surface area (Å²) in [6.45, 7) is 10.9. The van der Waals surface area contributed by atoms with Crippen molar-refractivity contribution in [3.63, 3.8) is 0 Å². The van der Waals surface area contributed by atoms with Crippen molar-refractivity contribution in [3.8, 4) is 0 Å². The molecule has 0 bridgehead atoms. The molecule has 1 aliphatic rings. The normalized spacial score (nSPS) is 15.4. The summed E-state index contributed by atoms with van der Waals surface area (Å²) < 4.78 is 20.0. The molecule has 1 aliphatic heterocycles. The second kappa shape index (κ2) is 10.3. The van der Waals surface area contributed by atoms with E-state index in [1.807, 2.05) is 31.7 Å². The number of rotatable bonds is 6. The molecule has 0 aromatic heterocycles. The summed E-state index contributed by atoms with van der Waals surface area (Å²) in [4.78, 5) is 20.0. The summed E-state index contributed by atoms with van der Waals surface area (Å²) in [5.74, 6) is 0.0853. The highest BCUT2D eigenvalue weighted by Gasteiger charge is 2.26. The molecule has 1 aromatic carbocycles. The van der Waals surface area contributed by atoms with Crippen LogP contribution in [0.5, 0.6) is 0 Å². The van der Waals surface area contributed by atoms with Gasteiger partial charge in [-0.25, -0.2) is 14.2 Å². The van der Waals surface area contributed by atoms with Gasteiger partial charge in [-0.3, -0.25) is 0 Å². The zero-order chi connectivity index (χ0) is 21.4. The third-order valence-electron chi connectivity index (χ3n) is 4.55. The molecule has 7 nitrogen and oxygen atoms in total. The molecule has 1 aromatic rings. The van der Waals surface area contributed by atoms with Gasteiger partial charge in [-0.15, -0.1) is 0 Å². The molecule has 0 spiro atoms. The van der Waals surface area contributed by atoms with Gasteiger partial charge >= 0.3 is 6.09 Å². The Kier molecular flexibility index (Phi) is 8.10. The molecule has 162 valence electrons. The van der Waals surface area contributed by atoms with Crippen molar-refractivity contribution in [1.29, 1.82) is 0 Å². The highest BCUT2D eigenvalue weighted by Crippen LogP contribution is 2.23. The number of nitrogens with zero attached hydrogens (tertiary/aromatic N) is 3. The number of carbonyl (C=O) groups is 1. The number of benzene rings is 1. The number of amides is 1. The Balaban J connectivity index is 1.89. The molecule has 0 saturated carbocycles. The lowest BCUT2D eigenvalue weighted by Gasteiger charge is -2.36. The van der Waals surface area contributed by atoms with Gasteiger partial charge in [-0.05, 0) is 44.9 Å². The Labute approximate surface area is 173 Å². The van der Waals surface area contributed by atoms with E-state index < -0.39 is 5.60 Å². The van der Waals surface area contributed by atoms with E-state index >= 15 is 0 Å². The first-order valence-corrected chi connectivity index (χ1v) is 10.2. The summed E-state index contributed by atoms with van der Waals surface area (Å²) in [6, 6.07) is 5.13. The van der Waals surface area contributed by atoms with E-state index in [0.29, 0.717) is 44.4 Å². The van der Waals surface area contributed by atoms with E-state index in [-0.39, 0.29) is 11.9 Å². The Hall–Kier alpha value is -2.51. The largest absolute Gasteiger partial charge is 0.444 e. The Bertz CT molecular complexity index is 710. The summed E-state index contributed by atoms with van der Waals surface area (Å²) in [6.07, 6.45) is 1.79. The van der Waals surface area contributed by atoms with Gasteiger partial charge in [0.2, 0.25) is 0 Å². The molecule has 3 N–H and O–H groups in total. The second-order valence-electron chi connectivity index (χ2n) is 8.22. The number of guanidine groups is 1. The monoisotopic (exact) mass is 407 g/mol. The lowest BCUT2D eigenvalue weighted by atomic mass is 10.1. The number of carbonyl (C=O) groups excluding carboxylic acids is 1. The fraction of sp³-hybridized carbons (Fsp3) is 0.619. The second-order valence-corrected chi connectivity index (χ2v) is 8.22. The summed E-state index contributed by atoms with van der Waals surface area (Å²) in [5, 5.41) is 3.04. The average Bonchev–Trinajstić information content (AvgIpc) is 2.65. The Morgan fingerprint density at radius 2 is 1.97 bits per heavy atom. The molecule has 1 fully saturated rings. The quantitative estimate of drug-likeness (QED) is 0.430. The summed E-state index contributed by atoms with van der Waals surface area (Å²) in [5.41, 5.74) is 6.60. The predicted octanol–water partition coefficient (Wildman–Crippen LogP) is 3.09. The topological polar surface area (TPSA) is 83.2 Å². The number of anilines is 1. The van der Waals surface area contributed by atoms with Crippen LogP contribution < -0.4 is 16.0 Å². The van der Waals surface area contributed by atoms with Crippen molar-refractivity contribution >= 4 is 17.7 Å². The zero-order valence-corrected chi connectivity index (χ0v) is 18.0. The van der Waals surface area contributed by atoms with E-state index in [1.165, 1.54) is 6.07 Å². The van der Waals surface area contributed by atoms with Crippen LogP contribution in [0, 0.1) is 5.82 Å². The lowest BCUT2D eigenvalue weighted by Crippen LogP contribution is -2.50. The lowest BCUT2D eigenvalue weighted by molar-refractivity contribution is 0.0240. The van der Waals surface area contributed by atoms with Crippen LogP contribution in [0.3, 0.4) is 0 Å². The minimum atomic E-state index is -0.520. The van der Waals surface area contributed by atoms with Gasteiger partial charge in [0.1, 0.15) is 11.4 Å². The summed E-state index contributed by atoms with van der Waals surface area (Å²) >= 11 is 0. The highest BCUT2D eigenvalue weighted by molar-refractivity contribution is 5.77. The average molecular weight is 408 g/mol. The number of hydrogen-bond acceptors (Lipinski definition) is 4. The third kappa shape index (κ3) is 7.44. The number of piperazine rings is 1. The molecule has 1 saturated heterocycles. The number of ether oxygens (including phenoxy) is 1. The predicted molar refractivity (Wildman–Crippen MR) is 115 cm³/mol. The van der Waals surface area contributed by atoms with E-state index in [2.05, 4.69) is 17.2 Å². The van der Waals surface area contributed by atoms with Crippen LogP contribution in [-0.4, -0.2) is 55.3 Å². The smallest absolute Gasteiger partial charge is 0.410 e. The van der Waals surface area contributed by atoms with Crippen LogP contribution in [0.1, 0.15) is 46.1 Å². The molecule has 1 heterocycles. The van der Waals surface area contributed by atoms with E-state index in [4.69, 9.17) is 10.5 Å². The van der Waals surface area contributed by atoms with Gasteiger partial charge in [0, 0.05) is 32.7 Å². The number of hydrogen-bond donors (Lipinski definition) is 2. The molecule has 29 heavy (non-hydrogen) atoms. The maximum Gasteiger partial charge on any atom is 0.410 e. The van der Waals surface area contributed by atoms with Crippen molar-refractivity contribution in [2.24, 2.45) is 10.7 Å². The van der Waals surface area contributed by atoms with Crippen LogP contribution in [-0.2, 0) is 11.3 Å². The van der Waals surface area contributed by atoms with Gasteiger partial charge in [0.25, 0.3) is 0 Å². The molecule has 0 unspecified atom stereocenters. The highest BCUT2D eigenvalue weighted by atomic mass is 19.1. The molecular formula is C21H34FN5O2. The van der Waals surface area contributed by atoms with Gasteiger partial charge in [-0.2, -0.15) is 0 Å².